The number of aryl methyl sites for hydroxylation is 2. The molecule has 3 heteroatoms. The van der Waals surface area contributed by atoms with Crippen molar-refractivity contribution in [3.05, 3.63) is 100 Å². The zero-order chi connectivity index (χ0) is 18.1. The third-order valence-corrected chi connectivity index (χ3v) is 4.55. The Morgan fingerprint density at radius 3 is 2.15 bits per heavy atom. The number of nitrogens with one attached hydrogen (secondary N) is 1. The zero-order valence-electron chi connectivity index (χ0n) is 14.9. The average Bonchev–Trinajstić information content (AvgIpc) is 3.00. The summed E-state index contributed by atoms with van der Waals surface area (Å²) in [6, 6.07) is 26.0. The van der Waals surface area contributed by atoms with Crippen molar-refractivity contribution in [2.75, 3.05) is 0 Å². The summed E-state index contributed by atoms with van der Waals surface area (Å²) in [5.41, 5.74) is 6.52. The Morgan fingerprint density at radius 1 is 0.731 bits per heavy atom. The Kier molecular flexibility index (Phi) is 4.05. The van der Waals surface area contributed by atoms with E-state index in [1.807, 2.05) is 92.7 Å². The molecule has 4 rings (SSSR count). The van der Waals surface area contributed by atoms with E-state index in [4.69, 9.17) is 0 Å². The molecule has 0 amide bonds. The van der Waals surface area contributed by atoms with Gasteiger partial charge in [0.05, 0.1) is 16.9 Å². The molecule has 3 nitrogen and oxygen atoms in total. The first-order chi connectivity index (χ1) is 12.6. The minimum Gasteiger partial charge on any atom is -0.290 e. The number of nitrogens with zero attached hydrogens (tertiary/aromatic N) is 1. The SMILES string of the molecule is Cc1ccc(-c2c(-c3ccccc3)[nH]n(-c3cccc(C)c3)c2=O)cc1. The standard InChI is InChI=1S/C23H20N2O/c1-16-11-13-18(14-12-16)21-22(19-8-4-3-5-9-19)24-25(23(21)26)20-10-6-7-17(2)15-20/h3-15,24H,1-2H3. The van der Waals surface area contributed by atoms with Crippen molar-refractivity contribution in [2.45, 2.75) is 13.8 Å². The van der Waals surface area contributed by atoms with Crippen molar-refractivity contribution in [2.24, 2.45) is 0 Å². The minimum atomic E-state index is -0.0432. The minimum absolute atomic E-state index is 0.0432. The topological polar surface area (TPSA) is 37.8 Å². The van der Waals surface area contributed by atoms with Crippen LogP contribution in [-0.2, 0) is 0 Å². The van der Waals surface area contributed by atoms with Crippen LogP contribution in [0.3, 0.4) is 0 Å². The van der Waals surface area contributed by atoms with Crippen LogP contribution in [0.5, 0.6) is 0 Å². The van der Waals surface area contributed by atoms with Gasteiger partial charge in [-0.25, -0.2) is 4.68 Å². The predicted molar refractivity (Wildman–Crippen MR) is 107 cm³/mol. The van der Waals surface area contributed by atoms with Gasteiger partial charge in [0.15, 0.2) is 0 Å². The first kappa shape index (κ1) is 16.2. The molecule has 128 valence electrons. The molecule has 26 heavy (non-hydrogen) atoms. The van der Waals surface area contributed by atoms with Crippen LogP contribution in [-0.4, -0.2) is 9.78 Å². The van der Waals surface area contributed by atoms with E-state index in [0.29, 0.717) is 5.56 Å². The lowest BCUT2D eigenvalue weighted by Gasteiger charge is -2.04. The van der Waals surface area contributed by atoms with Gasteiger partial charge in [0.1, 0.15) is 0 Å². The van der Waals surface area contributed by atoms with Gasteiger partial charge < -0.3 is 0 Å². The van der Waals surface area contributed by atoms with Crippen LogP contribution in [0.2, 0.25) is 0 Å². The monoisotopic (exact) mass is 340 g/mol. The maximum atomic E-state index is 13.3. The summed E-state index contributed by atoms with van der Waals surface area (Å²) in [6.45, 7) is 4.07. The van der Waals surface area contributed by atoms with Gasteiger partial charge in [-0.15, -0.1) is 0 Å². The molecule has 0 spiro atoms. The molecule has 0 saturated carbocycles. The quantitative estimate of drug-likeness (QED) is 0.552. The van der Waals surface area contributed by atoms with Crippen LogP contribution < -0.4 is 5.56 Å². The Bertz CT molecular complexity index is 1100. The molecular formula is C23H20N2O. The van der Waals surface area contributed by atoms with E-state index in [9.17, 15) is 4.79 Å². The molecule has 0 aliphatic rings. The van der Waals surface area contributed by atoms with Crippen molar-refractivity contribution in [3.8, 4) is 28.1 Å². The summed E-state index contributed by atoms with van der Waals surface area (Å²) in [5, 5.41) is 3.33. The Hall–Kier alpha value is -3.33. The fraction of sp³-hybridized carbons (Fsp3) is 0.0870. The smallest absolute Gasteiger partial charge is 0.279 e. The van der Waals surface area contributed by atoms with Crippen LogP contribution in [0.25, 0.3) is 28.1 Å². The normalized spacial score (nSPS) is 10.8. The number of benzene rings is 3. The van der Waals surface area contributed by atoms with Crippen molar-refractivity contribution in [1.82, 2.24) is 9.78 Å². The highest BCUT2D eigenvalue weighted by Gasteiger charge is 2.18. The van der Waals surface area contributed by atoms with Gasteiger partial charge in [-0.05, 0) is 37.1 Å². The second-order valence-electron chi connectivity index (χ2n) is 6.57. The van der Waals surface area contributed by atoms with Crippen LogP contribution in [0.1, 0.15) is 11.1 Å². The molecule has 0 bridgehead atoms. The summed E-state index contributed by atoms with van der Waals surface area (Å²) in [4.78, 5) is 13.3. The van der Waals surface area contributed by atoms with Gasteiger partial charge in [-0.1, -0.05) is 72.3 Å². The molecule has 0 aliphatic carbocycles. The van der Waals surface area contributed by atoms with E-state index < -0.39 is 0 Å². The lowest BCUT2D eigenvalue weighted by Crippen LogP contribution is -2.15. The summed E-state index contributed by atoms with van der Waals surface area (Å²) in [5.74, 6) is 0. The van der Waals surface area contributed by atoms with Crippen LogP contribution >= 0.6 is 0 Å². The molecule has 0 fully saturated rings. The number of hydrogen-bond acceptors (Lipinski definition) is 1. The van der Waals surface area contributed by atoms with Gasteiger partial charge in [0.2, 0.25) is 0 Å². The number of rotatable bonds is 3. The molecule has 0 unspecified atom stereocenters. The largest absolute Gasteiger partial charge is 0.290 e. The molecule has 0 radical (unpaired) electrons. The lowest BCUT2D eigenvalue weighted by molar-refractivity contribution is 0.852. The van der Waals surface area contributed by atoms with E-state index in [1.165, 1.54) is 5.56 Å². The van der Waals surface area contributed by atoms with E-state index in [1.54, 1.807) is 4.68 Å². The van der Waals surface area contributed by atoms with Gasteiger partial charge in [0.25, 0.3) is 5.56 Å². The first-order valence-corrected chi connectivity index (χ1v) is 8.68. The number of hydrogen-bond donors (Lipinski definition) is 1. The summed E-state index contributed by atoms with van der Waals surface area (Å²) in [6.07, 6.45) is 0. The maximum Gasteiger partial charge on any atom is 0.279 e. The highest BCUT2D eigenvalue weighted by atomic mass is 16.1. The second kappa shape index (κ2) is 6.52. The summed E-state index contributed by atoms with van der Waals surface area (Å²) in [7, 11) is 0. The van der Waals surface area contributed by atoms with E-state index in [2.05, 4.69) is 5.10 Å². The van der Waals surface area contributed by atoms with Crippen LogP contribution in [0.4, 0.5) is 0 Å². The predicted octanol–water partition coefficient (Wildman–Crippen LogP) is 5.12. The third-order valence-electron chi connectivity index (χ3n) is 4.55. The molecule has 0 saturated heterocycles. The highest BCUT2D eigenvalue weighted by Crippen LogP contribution is 2.29. The fourth-order valence-electron chi connectivity index (χ4n) is 3.19. The zero-order valence-corrected chi connectivity index (χ0v) is 14.9. The maximum absolute atomic E-state index is 13.3. The van der Waals surface area contributed by atoms with Crippen molar-refractivity contribution in [3.63, 3.8) is 0 Å². The van der Waals surface area contributed by atoms with Gasteiger partial charge >= 0.3 is 0 Å². The Morgan fingerprint density at radius 2 is 1.46 bits per heavy atom. The first-order valence-electron chi connectivity index (χ1n) is 8.68. The summed E-state index contributed by atoms with van der Waals surface area (Å²) < 4.78 is 1.63. The highest BCUT2D eigenvalue weighted by molar-refractivity contribution is 5.80. The second-order valence-corrected chi connectivity index (χ2v) is 6.57. The molecule has 4 aromatic rings. The van der Waals surface area contributed by atoms with Gasteiger partial charge in [-0.3, -0.25) is 9.89 Å². The van der Waals surface area contributed by atoms with Crippen LogP contribution in [0, 0.1) is 13.8 Å². The van der Waals surface area contributed by atoms with Crippen molar-refractivity contribution >= 4 is 0 Å². The summed E-state index contributed by atoms with van der Waals surface area (Å²) >= 11 is 0. The Balaban J connectivity index is 1.99. The van der Waals surface area contributed by atoms with Gasteiger partial charge in [0, 0.05) is 5.56 Å². The van der Waals surface area contributed by atoms with Crippen molar-refractivity contribution < 1.29 is 0 Å². The lowest BCUT2D eigenvalue weighted by atomic mass is 10.0. The average molecular weight is 340 g/mol. The number of aromatic amines is 1. The molecule has 3 aromatic carbocycles. The van der Waals surface area contributed by atoms with Gasteiger partial charge in [-0.2, -0.15) is 0 Å². The number of aromatic nitrogens is 2. The molecule has 0 atom stereocenters. The Labute approximate surface area is 152 Å². The van der Waals surface area contributed by atoms with E-state index in [0.717, 1.165) is 28.1 Å². The van der Waals surface area contributed by atoms with E-state index in [-0.39, 0.29) is 5.56 Å². The molecule has 1 heterocycles. The molecular weight excluding hydrogens is 320 g/mol. The van der Waals surface area contributed by atoms with E-state index >= 15 is 0 Å². The van der Waals surface area contributed by atoms with Crippen LogP contribution in [0.15, 0.2) is 83.7 Å². The molecule has 1 aromatic heterocycles. The van der Waals surface area contributed by atoms with Crippen molar-refractivity contribution in [1.29, 1.82) is 0 Å². The number of H-pyrrole nitrogens is 1. The fourth-order valence-corrected chi connectivity index (χ4v) is 3.19. The molecule has 0 aliphatic heterocycles. The molecule has 1 N–H and O–H groups in total. The third kappa shape index (κ3) is 2.88.